The van der Waals surface area contributed by atoms with E-state index in [4.69, 9.17) is 4.74 Å². The standard InChI is InChI=1S/C43H33N5O3/c1-42(2)36-15-3-4-16-38(36)47(43(42)22-21-28-25-29(48(49)50)17-20-39(28)51-43)24-8-23-46-26-37(44-45-46)30-18-19-35-33-12-6-10-27-9-5-11-32(40(27)33)34-14-7-13-31(30)41(34)35/h3-7,9-22,25-26H,8,23-24H2,1-2H3. The van der Waals surface area contributed by atoms with Gasteiger partial charge in [0.25, 0.3) is 5.69 Å². The smallest absolute Gasteiger partial charge is 0.270 e. The molecule has 0 bridgehead atoms. The Hall–Kier alpha value is -6.28. The van der Waals surface area contributed by atoms with E-state index in [1.165, 1.54) is 54.7 Å². The number of benzene rings is 7. The molecule has 3 heterocycles. The van der Waals surface area contributed by atoms with E-state index < -0.39 is 11.1 Å². The summed E-state index contributed by atoms with van der Waals surface area (Å²) < 4.78 is 8.82. The normalized spacial score (nSPS) is 17.5. The predicted molar refractivity (Wildman–Crippen MR) is 204 cm³/mol. The fourth-order valence-electron chi connectivity index (χ4n) is 8.78. The molecule has 0 radical (unpaired) electrons. The lowest BCUT2D eigenvalue weighted by Crippen LogP contribution is -2.59. The summed E-state index contributed by atoms with van der Waals surface area (Å²) in [5.74, 6) is 0.635. The molecule has 8 heteroatoms. The summed E-state index contributed by atoms with van der Waals surface area (Å²) in [5.41, 5.74) is 3.79. The minimum absolute atomic E-state index is 0.0477. The second-order valence-electron chi connectivity index (χ2n) is 14.2. The van der Waals surface area contributed by atoms with Crippen LogP contribution in [0.2, 0.25) is 0 Å². The summed E-state index contributed by atoms with van der Waals surface area (Å²) in [5, 5.41) is 30.8. The van der Waals surface area contributed by atoms with Gasteiger partial charge in [-0.2, -0.15) is 0 Å². The third kappa shape index (κ3) is 4.13. The van der Waals surface area contributed by atoms with Crippen LogP contribution in [0.5, 0.6) is 5.75 Å². The van der Waals surface area contributed by atoms with Gasteiger partial charge in [0, 0.05) is 42.0 Å². The van der Waals surface area contributed by atoms with Crippen LogP contribution in [0, 0.1) is 10.1 Å². The highest BCUT2D eigenvalue weighted by atomic mass is 16.6. The third-order valence-electron chi connectivity index (χ3n) is 11.2. The number of nitro benzene ring substituents is 1. The van der Waals surface area contributed by atoms with Crippen LogP contribution in [-0.2, 0) is 12.0 Å². The molecule has 1 aromatic heterocycles. The van der Waals surface area contributed by atoms with E-state index in [0.717, 1.165) is 23.4 Å². The Bertz CT molecular complexity index is 2700. The summed E-state index contributed by atoms with van der Waals surface area (Å²) in [6.45, 7) is 5.78. The Balaban J connectivity index is 0.966. The van der Waals surface area contributed by atoms with Gasteiger partial charge in [0.1, 0.15) is 11.4 Å². The van der Waals surface area contributed by atoms with Crippen molar-refractivity contribution in [3.05, 3.63) is 143 Å². The average Bonchev–Trinajstić information content (AvgIpc) is 3.69. The van der Waals surface area contributed by atoms with Crippen molar-refractivity contribution in [2.24, 2.45) is 0 Å². The van der Waals surface area contributed by atoms with Crippen molar-refractivity contribution in [1.29, 1.82) is 0 Å². The molecule has 1 atom stereocenters. The molecule has 2 aliphatic heterocycles. The Labute approximate surface area is 293 Å². The van der Waals surface area contributed by atoms with Crippen molar-refractivity contribution in [3.8, 4) is 17.0 Å². The maximum absolute atomic E-state index is 11.5. The van der Waals surface area contributed by atoms with E-state index in [-0.39, 0.29) is 10.6 Å². The van der Waals surface area contributed by atoms with E-state index in [9.17, 15) is 10.1 Å². The number of non-ortho nitro benzene ring substituents is 1. The minimum atomic E-state index is -0.806. The zero-order valence-corrected chi connectivity index (χ0v) is 28.2. The molecule has 0 saturated heterocycles. The van der Waals surface area contributed by atoms with Crippen LogP contribution in [-0.4, -0.2) is 32.2 Å². The van der Waals surface area contributed by atoms with Gasteiger partial charge in [-0.05, 0) is 93.2 Å². The van der Waals surface area contributed by atoms with Crippen molar-refractivity contribution < 1.29 is 9.66 Å². The van der Waals surface area contributed by atoms with Gasteiger partial charge in [0.05, 0.1) is 16.5 Å². The van der Waals surface area contributed by atoms with E-state index in [2.05, 4.69) is 132 Å². The molecule has 0 aliphatic carbocycles. The Morgan fingerprint density at radius 1 is 0.784 bits per heavy atom. The van der Waals surface area contributed by atoms with Crippen LogP contribution in [0.4, 0.5) is 11.4 Å². The molecule has 1 spiro atoms. The van der Waals surface area contributed by atoms with Gasteiger partial charge in [-0.15, -0.1) is 5.10 Å². The number of rotatable bonds is 6. The molecule has 1 unspecified atom stereocenters. The van der Waals surface area contributed by atoms with Gasteiger partial charge in [0.2, 0.25) is 5.72 Å². The molecule has 0 fully saturated rings. The quantitative estimate of drug-likeness (QED) is 0.0760. The van der Waals surface area contributed by atoms with Crippen LogP contribution in [0.25, 0.3) is 60.4 Å². The van der Waals surface area contributed by atoms with Crippen LogP contribution >= 0.6 is 0 Å². The molecule has 2 aliphatic rings. The lowest BCUT2D eigenvalue weighted by atomic mass is 9.76. The first-order chi connectivity index (χ1) is 24.8. The molecular formula is C43H33N5O3. The molecule has 51 heavy (non-hydrogen) atoms. The van der Waals surface area contributed by atoms with E-state index >= 15 is 0 Å². The molecule has 0 saturated carbocycles. The molecule has 0 amide bonds. The summed E-state index contributed by atoms with van der Waals surface area (Å²) >= 11 is 0. The molecule has 8 aromatic rings. The Morgan fingerprint density at radius 3 is 2.31 bits per heavy atom. The van der Waals surface area contributed by atoms with Gasteiger partial charge < -0.3 is 9.64 Å². The molecule has 10 rings (SSSR count). The number of para-hydroxylation sites is 1. The van der Waals surface area contributed by atoms with E-state index in [1.54, 1.807) is 12.1 Å². The number of hydrogen-bond acceptors (Lipinski definition) is 6. The zero-order valence-electron chi connectivity index (χ0n) is 28.2. The minimum Gasteiger partial charge on any atom is -0.463 e. The number of aryl methyl sites for hydroxylation is 1. The van der Waals surface area contributed by atoms with E-state index in [1.807, 2.05) is 10.8 Å². The highest BCUT2D eigenvalue weighted by molar-refractivity contribution is 6.34. The number of ether oxygens (including phenoxy) is 1. The largest absolute Gasteiger partial charge is 0.463 e. The van der Waals surface area contributed by atoms with Gasteiger partial charge in [-0.1, -0.05) is 90.1 Å². The van der Waals surface area contributed by atoms with Crippen LogP contribution < -0.4 is 9.64 Å². The van der Waals surface area contributed by atoms with Crippen molar-refractivity contribution in [2.75, 3.05) is 11.4 Å². The number of anilines is 1. The number of aromatic nitrogens is 3. The second-order valence-corrected chi connectivity index (χ2v) is 14.2. The zero-order chi connectivity index (χ0) is 34.5. The number of nitro groups is 1. The fourth-order valence-corrected chi connectivity index (χ4v) is 8.78. The van der Waals surface area contributed by atoms with E-state index in [0.29, 0.717) is 24.4 Å². The summed E-state index contributed by atoms with van der Waals surface area (Å²) in [7, 11) is 0. The maximum atomic E-state index is 11.5. The second kappa shape index (κ2) is 10.6. The highest BCUT2D eigenvalue weighted by Crippen LogP contribution is 2.55. The van der Waals surface area contributed by atoms with Crippen LogP contribution in [0.3, 0.4) is 0 Å². The number of fused-ring (bicyclic) bond motifs is 4. The first kappa shape index (κ1) is 29.6. The van der Waals surface area contributed by atoms with Gasteiger partial charge in [-0.25, -0.2) is 0 Å². The lowest BCUT2D eigenvalue weighted by Gasteiger charge is -2.47. The van der Waals surface area contributed by atoms with Gasteiger partial charge in [0.15, 0.2) is 0 Å². The van der Waals surface area contributed by atoms with Crippen LogP contribution in [0.1, 0.15) is 31.4 Å². The molecule has 8 nitrogen and oxygen atoms in total. The fraction of sp³-hybridized carbons (Fsp3) is 0.163. The first-order valence-corrected chi connectivity index (χ1v) is 17.4. The SMILES string of the molecule is CC1(C)c2ccccc2N(CCCn2cc(-c3ccc4c5cccc6cccc(c7cccc3c74)c65)nn2)C12C=Cc1cc([N+](=O)[O-])ccc1O2. The monoisotopic (exact) mass is 667 g/mol. The highest BCUT2D eigenvalue weighted by Gasteiger charge is 2.58. The van der Waals surface area contributed by atoms with Crippen molar-refractivity contribution >= 4 is 60.5 Å². The van der Waals surface area contributed by atoms with Crippen molar-refractivity contribution in [3.63, 3.8) is 0 Å². The lowest BCUT2D eigenvalue weighted by molar-refractivity contribution is -0.384. The number of nitrogens with zero attached hydrogens (tertiary/aromatic N) is 5. The Kier molecular flexibility index (Phi) is 6.16. The molecule has 0 N–H and O–H groups in total. The Morgan fingerprint density at radius 2 is 1.51 bits per heavy atom. The van der Waals surface area contributed by atoms with Crippen molar-refractivity contribution in [1.82, 2.24) is 15.0 Å². The summed E-state index contributed by atoms with van der Waals surface area (Å²) in [4.78, 5) is 13.4. The molecule has 7 aromatic carbocycles. The molecule has 248 valence electrons. The maximum Gasteiger partial charge on any atom is 0.270 e. The van der Waals surface area contributed by atoms with Gasteiger partial charge >= 0.3 is 0 Å². The van der Waals surface area contributed by atoms with Gasteiger partial charge in [-0.3, -0.25) is 14.8 Å². The summed E-state index contributed by atoms with van der Waals surface area (Å²) in [6.07, 6.45) is 6.89. The van der Waals surface area contributed by atoms with Crippen molar-refractivity contribution in [2.45, 2.75) is 38.0 Å². The first-order valence-electron chi connectivity index (χ1n) is 17.4. The third-order valence-corrected chi connectivity index (χ3v) is 11.2. The number of hydrogen-bond donors (Lipinski definition) is 0. The summed E-state index contributed by atoms with van der Waals surface area (Å²) in [6, 6.07) is 37.4. The topological polar surface area (TPSA) is 86.3 Å². The molecular weight excluding hydrogens is 635 g/mol. The van der Waals surface area contributed by atoms with Crippen LogP contribution in [0.15, 0.2) is 121 Å². The average molecular weight is 668 g/mol. The predicted octanol–water partition coefficient (Wildman–Crippen LogP) is 9.89.